The number of rotatable bonds is 6. The van der Waals surface area contributed by atoms with Gasteiger partial charge in [-0.25, -0.2) is 4.39 Å². The van der Waals surface area contributed by atoms with Crippen LogP contribution in [-0.4, -0.2) is 24.9 Å². The van der Waals surface area contributed by atoms with Crippen LogP contribution in [0.3, 0.4) is 0 Å². The third-order valence-corrected chi connectivity index (χ3v) is 2.69. The van der Waals surface area contributed by atoms with Crippen LogP contribution >= 0.6 is 0 Å². The number of hydrogen-bond acceptors (Lipinski definition) is 3. The van der Waals surface area contributed by atoms with Gasteiger partial charge < -0.3 is 15.2 Å². The molecular formula is C13H20FNO2. The third-order valence-electron chi connectivity index (χ3n) is 2.69. The van der Waals surface area contributed by atoms with Gasteiger partial charge in [-0.2, -0.15) is 0 Å². The molecule has 0 saturated carbocycles. The van der Waals surface area contributed by atoms with Crippen molar-refractivity contribution < 1.29 is 14.2 Å². The zero-order valence-electron chi connectivity index (χ0n) is 10.5. The third kappa shape index (κ3) is 4.32. The molecule has 3 nitrogen and oxygen atoms in total. The average Bonchev–Trinajstić information content (AvgIpc) is 2.28. The Morgan fingerprint density at radius 1 is 1.41 bits per heavy atom. The van der Waals surface area contributed by atoms with Crippen LogP contribution in [0.15, 0.2) is 18.2 Å². The van der Waals surface area contributed by atoms with Crippen molar-refractivity contribution in [2.45, 2.75) is 32.4 Å². The first-order valence-corrected chi connectivity index (χ1v) is 5.79. The Labute approximate surface area is 102 Å². The summed E-state index contributed by atoms with van der Waals surface area (Å²) in [4.78, 5) is 0. The summed E-state index contributed by atoms with van der Waals surface area (Å²) in [6.07, 6.45) is 0.317. The van der Waals surface area contributed by atoms with Crippen molar-refractivity contribution in [3.8, 4) is 5.75 Å². The molecule has 2 unspecified atom stereocenters. The highest BCUT2D eigenvalue weighted by atomic mass is 19.1. The van der Waals surface area contributed by atoms with Crippen molar-refractivity contribution >= 4 is 0 Å². The highest BCUT2D eigenvalue weighted by molar-refractivity contribution is 5.30. The lowest BCUT2D eigenvalue weighted by atomic mass is 10.1. The van der Waals surface area contributed by atoms with Gasteiger partial charge in [-0.05, 0) is 32.9 Å². The molecule has 96 valence electrons. The number of benzene rings is 1. The van der Waals surface area contributed by atoms with Gasteiger partial charge in [0.05, 0.1) is 13.2 Å². The molecule has 17 heavy (non-hydrogen) atoms. The summed E-state index contributed by atoms with van der Waals surface area (Å²) >= 11 is 0. The van der Waals surface area contributed by atoms with Crippen molar-refractivity contribution in [2.75, 3.05) is 13.7 Å². The zero-order chi connectivity index (χ0) is 12.8. The lowest BCUT2D eigenvalue weighted by molar-refractivity contribution is 0.182. The summed E-state index contributed by atoms with van der Waals surface area (Å²) in [6, 6.07) is 4.75. The fourth-order valence-corrected chi connectivity index (χ4v) is 1.60. The standard InChI is InChI=1S/C13H20FNO2/c1-9(16)6-7-15-10(2)12-5-4-11(17-3)8-13(12)14/h4-5,8-10,15-16H,6-7H2,1-3H3. The fourth-order valence-electron chi connectivity index (χ4n) is 1.60. The summed E-state index contributed by atoms with van der Waals surface area (Å²) in [5.74, 6) is 0.240. The Morgan fingerprint density at radius 3 is 2.65 bits per heavy atom. The molecule has 0 aromatic heterocycles. The number of aliphatic hydroxyl groups is 1. The maximum atomic E-state index is 13.7. The minimum Gasteiger partial charge on any atom is -0.497 e. The van der Waals surface area contributed by atoms with Gasteiger partial charge in [-0.15, -0.1) is 0 Å². The number of nitrogens with one attached hydrogen (secondary N) is 1. The second-order valence-electron chi connectivity index (χ2n) is 4.20. The SMILES string of the molecule is COc1ccc(C(C)NCCC(C)O)c(F)c1. The van der Waals surface area contributed by atoms with Gasteiger partial charge in [0.2, 0.25) is 0 Å². The van der Waals surface area contributed by atoms with Crippen LogP contribution < -0.4 is 10.1 Å². The lowest BCUT2D eigenvalue weighted by Gasteiger charge is -2.16. The van der Waals surface area contributed by atoms with Gasteiger partial charge in [-0.3, -0.25) is 0 Å². The predicted octanol–water partition coefficient (Wildman–Crippen LogP) is 2.26. The molecule has 1 rings (SSSR count). The molecule has 0 aliphatic heterocycles. The first-order chi connectivity index (χ1) is 8.04. The summed E-state index contributed by atoms with van der Waals surface area (Å²) in [7, 11) is 1.51. The van der Waals surface area contributed by atoms with E-state index in [1.165, 1.54) is 13.2 Å². The van der Waals surface area contributed by atoms with Crippen molar-refractivity contribution in [3.63, 3.8) is 0 Å². The molecule has 0 radical (unpaired) electrons. The quantitative estimate of drug-likeness (QED) is 0.802. The van der Waals surface area contributed by atoms with Gasteiger partial charge in [-0.1, -0.05) is 6.07 Å². The van der Waals surface area contributed by atoms with Crippen molar-refractivity contribution in [1.29, 1.82) is 0 Å². The first-order valence-electron chi connectivity index (χ1n) is 5.79. The summed E-state index contributed by atoms with van der Waals surface area (Å²) in [6.45, 7) is 4.29. The summed E-state index contributed by atoms with van der Waals surface area (Å²) in [5, 5.41) is 12.3. The molecule has 0 aliphatic rings. The number of aliphatic hydroxyl groups excluding tert-OH is 1. The van der Waals surface area contributed by atoms with Gasteiger partial charge in [0.25, 0.3) is 0 Å². The molecule has 0 bridgehead atoms. The molecule has 0 aliphatic carbocycles. The predicted molar refractivity (Wildman–Crippen MR) is 65.7 cm³/mol. The number of halogens is 1. The monoisotopic (exact) mass is 241 g/mol. The van der Waals surface area contributed by atoms with E-state index < -0.39 is 0 Å². The van der Waals surface area contributed by atoms with E-state index in [0.29, 0.717) is 24.3 Å². The maximum absolute atomic E-state index is 13.7. The van der Waals surface area contributed by atoms with E-state index in [1.54, 1.807) is 19.1 Å². The van der Waals surface area contributed by atoms with Crippen LogP contribution in [0, 0.1) is 5.82 Å². The molecule has 2 N–H and O–H groups in total. The van der Waals surface area contributed by atoms with Gasteiger partial charge >= 0.3 is 0 Å². The second-order valence-corrected chi connectivity index (χ2v) is 4.20. The second kappa shape index (κ2) is 6.57. The smallest absolute Gasteiger partial charge is 0.131 e. The number of methoxy groups -OCH3 is 1. The van der Waals surface area contributed by atoms with Crippen LogP contribution in [0.1, 0.15) is 31.9 Å². The number of ether oxygens (including phenoxy) is 1. The lowest BCUT2D eigenvalue weighted by Crippen LogP contribution is -2.23. The van der Waals surface area contributed by atoms with Crippen molar-refractivity contribution in [3.05, 3.63) is 29.6 Å². The van der Waals surface area contributed by atoms with E-state index in [1.807, 2.05) is 6.92 Å². The Balaban J connectivity index is 2.59. The molecule has 0 amide bonds. The maximum Gasteiger partial charge on any atom is 0.131 e. The molecule has 0 fully saturated rings. The van der Waals surface area contributed by atoms with Crippen LogP contribution in [0.25, 0.3) is 0 Å². The van der Waals surface area contributed by atoms with Crippen molar-refractivity contribution in [2.24, 2.45) is 0 Å². The van der Waals surface area contributed by atoms with Crippen LogP contribution in [0.4, 0.5) is 4.39 Å². The number of hydrogen-bond donors (Lipinski definition) is 2. The molecular weight excluding hydrogens is 221 g/mol. The average molecular weight is 241 g/mol. The normalized spacial score (nSPS) is 14.4. The largest absolute Gasteiger partial charge is 0.497 e. The van der Waals surface area contributed by atoms with Crippen LogP contribution in [-0.2, 0) is 0 Å². The zero-order valence-corrected chi connectivity index (χ0v) is 10.5. The van der Waals surface area contributed by atoms with E-state index >= 15 is 0 Å². The Bertz CT molecular complexity index is 355. The molecule has 0 heterocycles. The van der Waals surface area contributed by atoms with Gasteiger partial charge in [0, 0.05) is 17.7 Å². The first kappa shape index (κ1) is 13.9. The van der Waals surface area contributed by atoms with Crippen LogP contribution in [0.5, 0.6) is 5.75 Å². The molecule has 0 spiro atoms. The van der Waals surface area contributed by atoms with E-state index in [2.05, 4.69) is 5.32 Å². The van der Waals surface area contributed by atoms with E-state index in [4.69, 9.17) is 9.84 Å². The van der Waals surface area contributed by atoms with E-state index in [-0.39, 0.29) is 18.0 Å². The minimum absolute atomic E-state index is 0.0837. The van der Waals surface area contributed by atoms with Gasteiger partial charge in [0.1, 0.15) is 11.6 Å². The topological polar surface area (TPSA) is 41.5 Å². The highest BCUT2D eigenvalue weighted by Gasteiger charge is 2.11. The Morgan fingerprint density at radius 2 is 2.12 bits per heavy atom. The van der Waals surface area contributed by atoms with Crippen LogP contribution in [0.2, 0.25) is 0 Å². The van der Waals surface area contributed by atoms with Gasteiger partial charge in [0.15, 0.2) is 0 Å². The molecule has 2 atom stereocenters. The Kier molecular flexibility index (Phi) is 5.38. The molecule has 1 aromatic carbocycles. The minimum atomic E-state index is -0.338. The Hall–Kier alpha value is -1.13. The summed E-state index contributed by atoms with van der Waals surface area (Å²) < 4.78 is 18.7. The fraction of sp³-hybridized carbons (Fsp3) is 0.538. The summed E-state index contributed by atoms with van der Waals surface area (Å²) in [5.41, 5.74) is 0.608. The molecule has 1 aromatic rings. The van der Waals surface area contributed by atoms with Crippen molar-refractivity contribution in [1.82, 2.24) is 5.32 Å². The molecule has 0 saturated heterocycles. The molecule has 4 heteroatoms. The van der Waals surface area contributed by atoms with E-state index in [9.17, 15) is 4.39 Å². The highest BCUT2D eigenvalue weighted by Crippen LogP contribution is 2.21. The van der Waals surface area contributed by atoms with E-state index in [0.717, 1.165) is 0 Å².